The molecular weight excluding hydrogens is 415 g/mol. The largest absolute Gasteiger partial charge is 0.416 e. The molecule has 0 radical (unpaired) electrons. The van der Waals surface area contributed by atoms with Gasteiger partial charge in [-0.3, -0.25) is 9.59 Å². The molecule has 2 aromatic rings. The van der Waals surface area contributed by atoms with E-state index in [-0.39, 0.29) is 24.6 Å². The summed E-state index contributed by atoms with van der Waals surface area (Å²) in [6.45, 7) is 7.23. The Morgan fingerprint density at radius 2 is 1.70 bits per heavy atom. The molecule has 0 aliphatic carbocycles. The van der Waals surface area contributed by atoms with Crippen LogP contribution in [0.25, 0.3) is 0 Å². The Morgan fingerprint density at radius 1 is 1.10 bits per heavy atom. The number of aryl methyl sites for hydroxylation is 1. The smallest absolute Gasteiger partial charge is 0.335 e. The molecule has 0 atom stereocenters. The van der Waals surface area contributed by atoms with Crippen LogP contribution in [0.2, 0.25) is 0 Å². The summed E-state index contributed by atoms with van der Waals surface area (Å²) >= 11 is 1.41. The topological polar surface area (TPSA) is 53.5 Å². The molecule has 1 aliphatic heterocycles. The molecule has 0 saturated carbocycles. The molecule has 1 aliphatic rings. The maximum atomic E-state index is 12.9. The Kier molecular flexibility index (Phi) is 6.50. The average Bonchev–Trinajstić information content (AvgIpc) is 3.05. The molecule has 1 aromatic carbocycles. The Balaban J connectivity index is 1.64. The van der Waals surface area contributed by atoms with Crippen molar-refractivity contribution in [2.45, 2.75) is 33.4 Å². The number of hydrogen-bond acceptors (Lipinski definition) is 4. The van der Waals surface area contributed by atoms with Gasteiger partial charge < -0.3 is 9.80 Å². The minimum atomic E-state index is -4.50. The van der Waals surface area contributed by atoms with Gasteiger partial charge in [0.1, 0.15) is 4.88 Å². The van der Waals surface area contributed by atoms with Crippen LogP contribution in [0.4, 0.5) is 13.2 Å². The van der Waals surface area contributed by atoms with Gasteiger partial charge in [0.25, 0.3) is 11.8 Å². The molecule has 2 heterocycles. The molecule has 0 unspecified atom stereocenters. The first-order valence-corrected chi connectivity index (χ1v) is 10.6. The van der Waals surface area contributed by atoms with Gasteiger partial charge in [-0.2, -0.15) is 13.2 Å². The fourth-order valence-corrected chi connectivity index (χ4v) is 4.60. The van der Waals surface area contributed by atoms with Crippen molar-refractivity contribution in [3.63, 3.8) is 0 Å². The fraction of sp³-hybridized carbons (Fsp3) is 0.476. The molecule has 162 valence electrons. The lowest BCUT2D eigenvalue weighted by atomic mass is 10.1. The molecule has 5 nitrogen and oxygen atoms in total. The van der Waals surface area contributed by atoms with Crippen LogP contribution in [0.5, 0.6) is 0 Å². The quantitative estimate of drug-likeness (QED) is 0.715. The van der Waals surface area contributed by atoms with Gasteiger partial charge in [-0.15, -0.1) is 11.3 Å². The summed E-state index contributed by atoms with van der Waals surface area (Å²) < 4.78 is 38.7. The van der Waals surface area contributed by atoms with E-state index in [1.807, 2.05) is 6.92 Å². The summed E-state index contributed by atoms with van der Waals surface area (Å²) in [7, 11) is 0. The van der Waals surface area contributed by atoms with Gasteiger partial charge in [-0.1, -0.05) is 19.9 Å². The molecular formula is C21H24F3N3O2S. The first kappa shape index (κ1) is 22.3. The van der Waals surface area contributed by atoms with E-state index in [0.717, 1.165) is 23.6 Å². The molecule has 1 fully saturated rings. The van der Waals surface area contributed by atoms with Crippen molar-refractivity contribution < 1.29 is 22.8 Å². The summed E-state index contributed by atoms with van der Waals surface area (Å²) in [4.78, 5) is 33.8. The van der Waals surface area contributed by atoms with Crippen LogP contribution < -0.4 is 0 Å². The summed E-state index contributed by atoms with van der Waals surface area (Å²) in [5.41, 5.74) is -0.135. The van der Waals surface area contributed by atoms with Gasteiger partial charge in [0, 0.05) is 38.2 Å². The second-order valence-corrected chi connectivity index (χ2v) is 8.87. The van der Waals surface area contributed by atoms with E-state index in [1.54, 1.807) is 4.90 Å². The van der Waals surface area contributed by atoms with Crippen LogP contribution in [0.1, 0.15) is 50.1 Å². The zero-order chi connectivity index (χ0) is 22.1. The van der Waals surface area contributed by atoms with Crippen molar-refractivity contribution in [1.29, 1.82) is 0 Å². The predicted octanol–water partition coefficient (Wildman–Crippen LogP) is 4.27. The minimum absolute atomic E-state index is 0.00114. The van der Waals surface area contributed by atoms with E-state index >= 15 is 0 Å². The second-order valence-electron chi connectivity index (χ2n) is 7.78. The van der Waals surface area contributed by atoms with E-state index in [9.17, 15) is 22.8 Å². The number of alkyl halides is 3. The number of aromatic nitrogens is 1. The maximum absolute atomic E-state index is 12.9. The molecule has 3 rings (SSSR count). The SMILES string of the molecule is Cc1nc(CC(C)C)sc1C(=O)N1CCN(C(=O)c2cccc(C(F)(F)F)c2)CC1. The number of carbonyl (C=O) groups is 2. The van der Waals surface area contributed by atoms with Crippen molar-refractivity contribution >= 4 is 23.2 Å². The number of carbonyl (C=O) groups excluding carboxylic acids is 2. The van der Waals surface area contributed by atoms with Gasteiger partial charge in [-0.25, -0.2) is 4.98 Å². The van der Waals surface area contributed by atoms with E-state index in [1.165, 1.54) is 28.4 Å². The third-order valence-corrected chi connectivity index (χ3v) is 6.08. The van der Waals surface area contributed by atoms with Crippen LogP contribution in [-0.4, -0.2) is 52.8 Å². The number of hydrogen-bond donors (Lipinski definition) is 0. The number of piperazine rings is 1. The maximum Gasteiger partial charge on any atom is 0.416 e. The third kappa shape index (κ3) is 5.00. The van der Waals surface area contributed by atoms with Crippen molar-refractivity contribution in [2.24, 2.45) is 5.92 Å². The standard InChI is InChI=1S/C21H24F3N3O2S/c1-13(2)11-17-25-14(3)18(30-17)20(29)27-9-7-26(8-10-27)19(28)15-5-4-6-16(12-15)21(22,23)24/h4-6,12-13H,7-11H2,1-3H3. The first-order chi connectivity index (χ1) is 14.1. The molecule has 1 aromatic heterocycles. The van der Waals surface area contributed by atoms with Gasteiger partial charge in [0.15, 0.2) is 0 Å². The monoisotopic (exact) mass is 439 g/mol. The van der Waals surface area contributed by atoms with E-state index < -0.39 is 17.6 Å². The third-order valence-electron chi connectivity index (χ3n) is 4.91. The summed E-state index contributed by atoms with van der Waals surface area (Å²) in [6.07, 6.45) is -3.68. The van der Waals surface area contributed by atoms with Gasteiger partial charge in [0.2, 0.25) is 0 Å². The number of amides is 2. The van der Waals surface area contributed by atoms with Gasteiger partial charge in [-0.05, 0) is 31.0 Å². The fourth-order valence-electron chi connectivity index (χ4n) is 3.35. The summed E-state index contributed by atoms with van der Waals surface area (Å²) in [5.74, 6) is -0.114. The Labute approximate surface area is 177 Å². The minimum Gasteiger partial charge on any atom is -0.335 e. The highest BCUT2D eigenvalue weighted by Gasteiger charge is 2.32. The number of nitrogens with zero attached hydrogens (tertiary/aromatic N) is 3. The van der Waals surface area contributed by atoms with Crippen LogP contribution in [0.15, 0.2) is 24.3 Å². The van der Waals surface area contributed by atoms with Crippen molar-refractivity contribution in [3.05, 3.63) is 51.0 Å². The first-order valence-electron chi connectivity index (χ1n) is 9.78. The summed E-state index contributed by atoms with van der Waals surface area (Å²) in [6, 6.07) is 4.43. The molecule has 0 spiro atoms. The van der Waals surface area contributed by atoms with E-state index in [4.69, 9.17) is 0 Å². The number of halogens is 3. The Hall–Kier alpha value is -2.42. The number of benzene rings is 1. The van der Waals surface area contributed by atoms with Crippen molar-refractivity contribution in [1.82, 2.24) is 14.8 Å². The second kappa shape index (κ2) is 8.75. The normalized spacial score (nSPS) is 15.0. The lowest BCUT2D eigenvalue weighted by Gasteiger charge is -2.34. The molecule has 1 saturated heterocycles. The average molecular weight is 440 g/mol. The molecule has 0 bridgehead atoms. The van der Waals surface area contributed by atoms with Gasteiger partial charge in [0.05, 0.1) is 16.3 Å². The molecule has 2 amide bonds. The molecule has 9 heteroatoms. The van der Waals surface area contributed by atoms with Gasteiger partial charge >= 0.3 is 6.18 Å². The highest BCUT2D eigenvalue weighted by Crippen LogP contribution is 2.30. The van der Waals surface area contributed by atoms with Crippen LogP contribution >= 0.6 is 11.3 Å². The van der Waals surface area contributed by atoms with Crippen molar-refractivity contribution in [3.8, 4) is 0 Å². The predicted molar refractivity (Wildman–Crippen MR) is 109 cm³/mol. The highest BCUT2D eigenvalue weighted by molar-refractivity contribution is 7.13. The van der Waals surface area contributed by atoms with E-state index in [0.29, 0.717) is 29.6 Å². The zero-order valence-corrected chi connectivity index (χ0v) is 17.9. The number of rotatable bonds is 4. The number of thiazole rings is 1. The lowest BCUT2D eigenvalue weighted by Crippen LogP contribution is -2.50. The van der Waals surface area contributed by atoms with Crippen LogP contribution in [0, 0.1) is 12.8 Å². The Morgan fingerprint density at radius 3 is 2.27 bits per heavy atom. The van der Waals surface area contributed by atoms with Crippen LogP contribution in [-0.2, 0) is 12.6 Å². The summed E-state index contributed by atoms with van der Waals surface area (Å²) in [5, 5.41) is 0.934. The van der Waals surface area contributed by atoms with Crippen LogP contribution in [0.3, 0.4) is 0 Å². The van der Waals surface area contributed by atoms with E-state index in [2.05, 4.69) is 18.8 Å². The lowest BCUT2D eigenvalue weighted by molar-refractivity contribution is -0.137. The Bertz CT molecular complexity index is 932. The zero-order valence-electron chi connectivity index (χ0n) is 17.1. The molecule has 0 N–H and O–H groups in total. The molecule has 30 heavy (non-hydrogen) atoms. The highest BCUT2D eigenvalue weighted by atomic mass is 32.1. The van der Waals surface area contributed by atoms with Crippen molar-refractivity contribution in [2.75, 3.05) is 26.2 Å².